The van der Waals surface area contributed by atoms with Gasteiger partial charge in [-0.1, -0.05) is 19.6 Å². The van der Waals surface area contributed by atoms with Crippen molar-refractivity contribution in [1.82, 2.24) is 10.2 Å². The third-order valence-electron chi connectivity index (χ3n) is 2.66. The van der Waals surface area contributed by atoms with Gasteiger partial charge in [-0.05, 0) is 12.0 Å². The first kappa shape index (κ1) is 9.92. The Kier molecular flexibility index (Phi) is 2.49. The molecule has 0 atom stereocenters. The Morgan fingerprint density at radius 2 is 1.93 bits per heavy atom. The average Bonchev–Trinajstić information content (AvgIpc) is 2.36. The van der Waals surface area contributed by atoms with Gasteiger partial charge in [0, 0.05) is 17.4 Å². The number of aromatic amines is 1. The van der Waals surface area contributed by atoms with Crippen LogP contribution in [0.25, 0.3) is 0 Å². The molecule has 0 saturated carbocycles. The number of rotatable bonds is 1. The SMILES string of the molecule is C[Si](C)(C)c1n[nH]c2c1CCOCC2. The minimum absolute atomic E-state index is 0.834. The fraction of sp³-hybridized carbons (Fsp3) is 0.700. The van der Waals surface area contributed by atoms with E-state index in [-0.39, 0.29) is 0 Å². The highest BCUT2D eigenvalue weighted by Gasteiger charge is 2.26. The molecule has 78 valence electrons. The minimum Gasteiger partial charge on any atom is -0.381 e. The maximum absolute atomic E-state index is 5.47. The van der Waals surface area contributed by atoms with Gasteiger partial charge >= 0.3 is 0 Å². The lowest BCUT2D eigenvalue weighted by molar-refractivity contribution is 0.146. The largest absolute Gasteiger partial charge is 0.381 e. The number of hydrogen-bond acceptors (Lipinski definition) is 2. The van der Waals surface area contributed by atoms with E-state index in [1.165, 1.54) is 16.6 Å². The van der Waals surface area contributed by atoms with Gasteiger partial charge in [0.1, 0.15) is 8.07 Å². The lowest BCUT2D eigenvalue weighted by atomic mass is 10.2. The molecule has 0 fully saturated rings. The van der Waals surface area contributed by atoms with Gasteiger partial charge in [0.15, 0.2) is 0 Å². The van der Waals surface area contributed by atoms with E-state index >= 15 is 0 Å². The molecule has 0 amide bonds. The summed E-state index contributed by atoms with van der Waals surface area (Å²) in [5.41, 5.74) is 2.75. The van der Waals surface area contributed by atoms with Gasteiger partial charge in [-0.3, -0.25) is 5.10 Å². The maximum Gasteiger partial charge on any atom is 0.104 e. The van der Waals surface area contributed by atoms with Crippen LogP contribution in [0.15, 0.2) is 0 Å². The molecule has 1 aliphatic rings. The molecule has 14 heavy (non-hydrogen) atoms. The first-order valence-electron chi connectivity index (χ1n) is 5.23. The lowest BCUT2D eigenvalue weighted by Gasteiger charge is -2.14. The second kappa shape index (κ2) is 3.51. The molecule has 0 aliphatic carbocycles. The van der Waals surface area contributed by atoms with Crippen LogP contribution in [0.5, 0.6) is 0 Å². The van der Waals surface area contributed by atoms with Crippen molar-refractivity contribution in [3.63, 3.8) is 0 Å². The smallest absolute Gasteiger partial charge is 0.104 e. The zero-order valence-corrected chi connectivity index (χ0v) is 10.2. The van der Waals surface area contributed by atoms with Crippen LogP contribution in [0.4, 0.5) is 0 Å². The third kappa shape index (κ3) is 1.76. The molecule has 1 aliphatic heterocycles. The molecule has 2 heterocycles. The molecule has 0 saturated heterocycles. The highest BCUT2D eigenvalue weighted by atomic mass is 28.3. The Hall–Kier alpha value is -0.613. The standard InChI is InChI=1S/C10H18N2OSi/c1-14(2,3)10-8-4-6-13-7-5-9(8)11-12-10/h4-7H2,1-3H3,(H,11,12). The molecule has 3 nitrogen and oxygen atoms in total. The maximum atomic E-state index is 5.47. The van der Waals surface area contributed by atoms with Gasteiger partial charge in [-0.2, -0.15) is 5.10 Å². The quantitative estimate of drug-likeness (QED) is 0.704. The van der Waals surface area contributed by atoms with Gasteiger partial charge < -0.3 is 4.74 Å². The summed E-state index contributed by atoms with van der Waals surface area (Å²) >= 11 is 0. The molecule has 1 N–H and O–H groups in total. The van der Waals surface area contributed by atoms with E-state index < -0.39 is 8.07 Å². The summed E-state index contributed by atoms with van der Waals surface area (Å²) in [5.74, 6) is 0. The Labute approximate surface area is 85.9 Å². The van der Waals surface area contributed by atoms with Gasteiger partial charge in [0.2, 0.25) is 0 Å². The number of nitrogens with zero attached hydrogens (tertiary/aromatic N) is 1. The zero-order valence-electron chi connectivity index (χ0n) is 9.18. The first-order valence-corrected chi connectivity index (χ1v) is 8.73. The van der Waals surface area contributed by atoms with Crippen molar-refractivity contribution in [2.24, 2.45) is 0 Å². The molecule has 0 unspecified atom stereocenters. The average molecular weight is 210 g/mol. The molecule has 1 aromatic heterocycles. The van der Waals surface area contributed by atoms with Crippen LogP contribution in [0.1, 0.15) is 11.3 Å². The van der Waals surface area contributed by atoms with E-state index in [1.807, 2.05) is 0 Å². The summed E-state index contributed by atoms with van der Waals surface area (Å²) in [5, 5.41) is 9.01. The number of fused-ring (bicyclic) bond motifs is 1. The fourth-order valence-electron chi connectivity index (χ4n) is 1.95. The van der Waals surface area contributed by atoms with Crippen LogP contribution in [0.3, 0.4) is 0 Å². The molecule has 0 aromatic carbocycles. The monoisotopic (exact) mass is 210 g/mol. The highest BCUT2D eigenvalue weighted by Crippen LogP contribution is 2.13. The van der Waals surface area contributed by atoms with Crippen molar-refractivity contribution in [1.29, 1.82) is 0 Å². The molecule has 0 radical (unpaired) electrons. The number of nitrogens with one attached hydrogen (secondary N) is 1. The summed E-state index contributed by atoms with van der Waals surface area (Å²) < 4.78 is 5.47. The number of hydrogen-bond donors (Lipinski definition) is 1. The molecule has 0 spiro atoms. The summed E-state index contributed by atoms with van der Waals surface area (Å²) in [6.07, 6.45) is 2.03. The molecule has 0 bridgehead atoms. The van der Waals surface area contributed by atoms with Crippen molar-refractivity contribution in [3.05, 3.63) is 11.3 Å². The minimum atomic E-state index is -1.28. The van der Waals surface area contributed by atoms with Crippen LogP contribution in [-0.2, 0) is 17.6 Å². The van der Waals surface area contributed by atoms with E-state index in [0.29, 0.717) is 0 Å². The van der Waals surface area contributed by atoms with E-state index in [2.05, 4.69) is 29.8 Å². The summed E-state index contributed by atoms with van der Waals surface area (Å²) in [4.78, 5) is 0. The Bertz CT molecular complexity index is 327. The second-order valence-corrected chi connectivity index (χ2v) is 9.87. The predicted octanol–water partition coefficient (Wildman–Crippen LogP) is 1.07. The predicted molar refractivity (Wildman–Crippen MR) is 59.8 cm³/mol. The Balaban J connectivity index is 2.39. The van der Waals surface area contributed by atoms with Crippen LogP contribution in [0, 0.1) is 0 Å². The van der Waals surface area contributed by atoms with Gasteiger partial charge in [0.25, 0.3) is 0 Å². The van der Waals surface area contributed by atoms with Gasteiger partial charge in [-0.15, -0.1) is 0 Å². The fourth-order valence-corrected chi connectivity index (χ4v) is 3.52. The molecular weight excluding hydrogens is 192 g/mol. The summed E-state index contributed by atoms with van der Waals surface area (Å²) in [7, 11) is -1.28. The zero-order chi connectivity index (χ0) is 10.2. The van der Waals surface area contributed by atoms with Gasteiger partial charge in [0.05, 0.1) is 13.2 Å². The van der Waals surface area contributed by atoms with Crippen LogP contribution in [-0.4, -0.2) is 31.5 Å². The Morgan fingerprint density at radius 1 is 1.21 bits per heavy atom. The Morgan fingerprint density at radius 3 is 2.64 bits per heavy atom. The van der Waals surface area contributed by atoms with Crippen molar-refractivity contribution in [3.8, 4) is 0 Å². The highest BCUT2D eigenvalue weighted by molar-refractivity contribution is 6.88. The molecular formula is C10H18N2OSi. The summed E-state index contributed by atoms with van der Waals surface area (Å²) in [6.45, 7) is 8.71. The summed E-state index contributed by atoms with van der Waals surface area (Å²) in [6, 6.07) is 0. The van der Waals surface area contributed by atoms with Crippen LogP contribution >= 0.6 is 0 Å². The van der Waals surface area contributed by atoms with E-state index in [4.69, 9.17) is 4.74 Å². The van der Waals surface area contributed by atoms with Crippen molar-refractivity contribution in [2.75, 3.05) is 13.2 Å². The van der Waals surface area contributed by atoms with Crippen molar-refractivity contribution < 1.29 is 4.74 Å². The second-order valence-electron chi connectivity index (χ2n) is 4.89. The lowest BCUT2D eigenvalue weighted by Crippen LogP contribution is -2.41. The van der Waals surface area contributed by atoms with E-state index in [1.54, 1.807) is 0 Å². The number of H-pyrrole nitrogens is 1. The molecule has 1 aromatic rings. The number of ether oxygens (including phenoxy) is 1. The third-order valence-corrected chi connectivity index (χ3v) is 4.49. The van der Waals surface area contributed by atoms with Gasteiger partial charge in [-0.25, -0.2) is 0 Å². The van der Waals surface area contributed by atoms with Crippen LogP contribution in [0.2, 0.25) is 19.6 Å². The molecule has 4 heteroatoms. The normalized spacial score (nSPS) is 17.6. The topological polar surface area (TPSA) is 37.9 Å². The molecule has 2 rings (SSSR count). The van der Waals surface area contributed by atoms with E-state index in [9.17, 15) is 0 Å². The van der Waals surface area contributed by atoms with Crippen molar-refractivity contribution in [2.45, 2.75) is 32.5 Å². The van der Waals surface area contributed by atoms with Crippen molar-refractivity contribution >= 4 is 13.4 Å². The first-order chi connectivity index (χ1) is 6.59. The van der Waals surface area contributed by atoms with Crippen LogP contribution < -0.4 is 5.32 Å². The van der Waals surface area contributed by atoms with E-state index in [0.717, 1.165) is 26.1 Å². The number of aromatic nitrogens is 2.